The van der Waals surface area contributed by atoms with E-state index < -0.39 is 5.41 Å². The number of nitriles is 1. The maximum absolute atomic E-state index is 9.01. The normalized spacial score (nSPS) is 14.6. The second-order valence-corrected chi connectivity index (χ2v) is 4.07. The van der Waals surface area contributed by atoms with Crippen LogP contribution in [0.1, 0.15) is 26.0 Å². The van der Waals surface area contributed by atoms with Gasteiger partial charge in [0.05, 0.1) is 17.2 Å². The van der Waals surface area contributed by atoms with Gasteiger partial charge in [0, 0.05) is 10.7 Å². The van der Waals surface area contributed by atoms with Crippen molar-refractivity contribution in [3.63, 3.8) is 0 Å². The summed E-state index contributed by atoms with van der Waals surface area (Å²) in [6.07, 6.45) is 2.50. The molecule has 1 rings (SSSR count). The Morgan fingerprint density at radius 3 is 2.69 bits per heavy atom. The SMILES string of the molecule is CCC(C)(C#N)c1ccc(Br)cn1. The fourth-order valence-electron chi connectivity index (χ4n) is 1.02. The number of hydrogen-bond acceptors (Lipinski definition) is 2. The van der Waals surface area contributed by atoms with E-state index in [1.165, 1.54) is 0 Å². The minimum absolute atomic E-state index is 0.458. The van der Waals surface area contributed by atoms with Gasteiger partial charge in [0.2, 0.25) is 0 Å². The van der Waals surface area contributed by atoms with Crippen LogP contribution in [0.3, 0.4) is 0 Å². The Hall–Kier alpha value is -0.880. The summed E-state index contributed by atoms with van der Waals surface area (Å²) in [5, 5.41) is 9.01. The van der Waals surface area contributed by atoms with E-state index in [1.807, 2.05) is 26.0 Å². The zero-order valence-electron chi connectivity index (χ0n) is 7.71. The fraction of sp³-hybridized carbons (Fsp3) is 0.400. The molecule has 0 aromatic carbocycles. The second kappa shape index (κ2) is 3.89. The monoisotopic (exact) mass is 238 g/mol. The van der Waals surface area contributed by atoms with Crippen LogP contribution in [-0.2, 0) is 5.41 Å². The molecule has 2 nitrogen and oxygen atoms in total. The van der Waals surface area contributed by atoms with Crippen LogP contribution in [0.25, 0.3) is 0 Å². The summed E-state index contributed by atoms with van der Waals surface area (Å²) in [6.45, 7) is 3.90. The van der Waals surface area contributed by atoms with Crippen LogP contribution in [-0.4, -0.2) is 4.98 Å². The Bertz CT molecular complexity index is 326. The van der Waals surface area contributed by atoms with Crippen molar-refractivity contribution in [2.45, 2.75) is 25.7 Å². The van der Waals surface area contributed by atoms with E-state index >= 15 is 0 Å². The molecule has 1 aromatic rings. The average Bonchev–Trinajstić information content (AvgIpc) is 2.18. The van der Waals surface area contributed by atoms with E-state index in [-0.39, 0.29) is 0 Å². The molecule has 1 atom stereocenters. The Kier molecular flexibility index (Phi) is 3.05. The topological polar surface area (TPSA) is 36.7 Å². The molecule has 0 radical (unpaired) electrons. The Morgan fingerprint density at radius 1 is 1.62 bits per heavy atom. The first-order chi connectivity index (χ1) is 6.12. The molecular weight excluding hydrogens is 228 g/mol. The fourth-order valence-corrected chi connectivity index (χ4v) is 1.25. The molecule has 0 aliphatic carbocycles. The average molecular weight is 239 g/mol. The maximum atomic E-state index is 9.01. The summed E-state index contributed by atoms with van der Waals surface area (Å²) >= 11 is 3.31. The van der Waals surface area contributed by atoms with Crippen molar-refractivity contribution in [1.82, 2.24) is 4.98 Å². The van der Waals surface area contributed by atoms with Crippen molar-refractivity contribution in [3.05, 3.63) is 28.5 Å². The number of aromatic nitrogens is 1. The van der Waals surface area contributed by atoms with Gasteiger partial charge in [-0.15, -0.1) is 0 Å². The third-order valence-electron chi connectivity index (χ3n) is 2.25. The van der Waals surface area contributed by atoms with Crippen molar-refractivity contribution in [1.29, 1.82) is 5.26 Å². The van der Waals surface area contributed by atoms with E-state index in [1.54, 1.807) is 6.20 Å². The summed E-state index contributed by atoms with van der Waals surface area (Å²) in [7, 11) is 0. The van der Waals surface area contributed by atoms with Crippen LogP contribution >= 0.6 is 15.9 Å². The third kappa shape index (κ3) is 2.07. The van der Waals surface area contributed by atoms with Crippen LogP contribution in [0.5, 0.6) is 0 Å². The number of nitrogens with zero attached hydrogens (tertiary/aromatic N) is 2. The van der Waals surface area contributed by atoms with Crippen molar-refractivity contribution >= 4 is 15.9 Å². The second-order valence-electron chi connectivity index (χ2n) is 3.16. The summed E-state index contributed by atoms with van der Waals surface area (Å²) in [5.74, 6) is 0. The van der Waals surface area contributed by atoms with Gasteiger partial charge < -0.3 is 0 Å². The minimum atomic E-state index is -0.458. The molecule has 3 heteroatoms. The van der Waals surface area contributed by atoms with Crippen molar-refractivity contribution in [3.8, 4) is 6.07 Å². The van der Waals surface area contributed by atoms with Gasteiger partial charge in [-0.1, -0.05) is 6.92 Å². The lowest BCUT2D eigenvalue weighted by Gasteiger charge is -2.18. The number of hydrogen-bond donors (Lipinski definition) is 0. The summed E-state index contributed by atoms with van der Waals surface area (Å²) in [6, 6.07) is 6.08. The molecule has 0 aliphatic rings. The molecule has 0 spiro atoms. The predicted octanol–water partition coefficient (Wildman–Crippen LogP) is 3.04. The first-order valence-corrected chi connectivity index (χ1v) is 4.95. The number of pyridine rings is 1. The molecule has 68 valence electrons. The van der Waals surface area contributed by atoms with Crippen LogP contribution < -0.4 is 0 Å². The highest BCUT2D eigenvalue weighted by molar-refractivity contribution is 9.10. The van der Waals surface area contributed by atoms with Gasteiger partial charge >= 0.3 is 0 Å². The molecular formula is C10H11BrN2. The molecule has 0 bridgehead atoms. The predicted molar refractivity (Wildman–Crippen MR) is 55.2 cm³/mol. The van der Waals surface area contributed by atoms with E-state index in [0.717, 1.165) is 16.6 Å². The lowest BCUT2D eigenvalue weighted by atomic mass is 9.85. The van der Waals surface area contributed by atoms with Gasteiger partial charge in [0.15, 0.2) is 0 Å². The highest BCUT2D eigenvalue weighted by Gasteiger charge is 2.25. The van der Waals surface area contributed by atoms with E-state index in [4.69, 9.17) is 5.26 Å². The molecule has 1 unspecified atom stereocenters. The maximum Gasteiger partial charge on any atom is 0.0962 e. The molecule has 1 aromatic heterocycles. The van der Waals surface area contributed by atoms with Gasteiger partial charge in [-0.2, -0.15) is 5.26 Å². The zero-order valence-corrected chi connectivity index (χ0v) is 9.30. The van der Waals surface area contributed by atoms with Crippen LogP contribution in [0.15, 0.2) is 22.8 Å². The summed E-state index contributed by atoms with van der Waals surface area (Å²) in [4.78, 5) is 4.22. The third-order valence-corrected chi connectivity index (χ3v) is 2.72. The van der Waals surface area contributed by atoms with Crippen molar-refractivity contribution < 1.29 is 0 Å². The van der Waals surface area contributed by atoms with Crippen LogP contribution in [0.2, 0.25) is 0 Å². The van der Waals surface area contributed by atoms with E-state index in [2.05, 4.69) is 27.0 Å². The smallest absolute Gasteiger partial charge is 0.0962 e. The van der Waals surface area contributed by atoms with Crippen molar-refractivity contribution in [2.24, 2.45) is 0 Å². The Balaban J connectivity index is 3.08. The largest absolute Gasteiger partial charge is 0.258 e. The van der Waals surface area contributed by atoms with Gasteiger partial charge in [0.25, 0.3) is 0 Å². The molecule has 1 heterocycles. The standard InChI is InChI=1S/C10H11BrN2/c1-3-10(2,7-12)9-5-4-8(11)6-13-9/h4-6H,3H2,1-2H3. The lowest BCUT2D eigenvalue weighted by molar-refractivity contribution is 0.568. The van der Waals surface area contributed by atoms with Gasteiger partial charge in [-0.05, 0) is 41.4 Å². The van der Waals surface area contributed by atoms with Gasteiger partial charge in [-0.25, -0.2) is 0 Å². The molecule has 0 fully saturated rings. The molecule has 0 N–H and O–H groups in total. The number of rotatable bonds is 2. The quantitative estimate of drug-likeness (QED) is 0.795. The Labute approximate surface area is 86.7 Å². The van der Waals surface area contributed by atoms with Crippen molar-refractivity contribution in [2.75, 3.05) is 0 Å². The molecule has 0 saturated heterocycles. The van der Waals surface area contributed by atoms with E-state index in [0.29, 0.717) is 0 Å². The lowest BCUT2D eigenvalue weighted by Crippen LogP contribution is -2.19. The number of halogens is 1. The van der Waals surface area contributed by atoms with Gasteiger partial charge in [0.1, 0.15) is 0 Å². The first-order valence-electron chi connectivity index (χ1n) is 4.15. The highest BCUT2D eigenvalue weighted by Crippen LogP contribution is 2.25. The highest BCUT2D eigenvalue weighted by atomic mass is 79.9. The van der Waals surface area contributed by atoms with Crippen LogP contribution in [0.4, 0.5) is 0 Å². The van der Waals surface area contributed by atoms with Crippen LogP contribution in [0, 0.1) is 11.3 Å². The molecule has 0 saturated carbocycles. The minimum Gasteiger partial charge on any atom is -0.258 e. The summed E-state index contributed by atoms with van der Waals surface area (Å²) in [5.41, 5.74) is 0.376. The Morgan fingerprint density at radius 2 is 2.31 bits per heavy atom. The first kappa shape index (κ1) is 10.2. The zero-order chi connectivity index (χ0) is 9.90. The van der Waals surface area contributed by atoms with Gasteiger partial charge in [-0.3, -0.25) is 4.98 Å². The summed E-state index contributed by atoms with van der Waals surface area (Å²) < 4.78 is 0.938. The molecule has 0 amide bonds. The van der Waals surface area contributed by atoms with E-state index in [9.17, 15) is 0 Å². The molecule has 0 aliphatic heterocycles. The molecule has 13 heavy (non-hydrogen) atoms.